The third-order valence-electron chi connectivity index (χ3n) is 3.44. The summed E-state index contributed by atoms with van der Waals surface area (Å²) in [6, 6.07) is 11.3. The van der Waals surface area contributed by atoms with E-state index in [0.717, 1.165) is 22.7 Å². The summed E-state index contributed by atoms with van der Waals surface area (Å²) in [6.45, 7) is 0.523. The van der Waals surface area contributed by atoms with Crippen LogP contribution in [0, 0.1) is 0 Å². The molecular formula is C17H17N5O2. The van der Waals surface area contributed by atoms with E-state index in [4.69, 9.17) is 4.74 Å². The zero-order chi connectivity index (χ0) is 16.8. The van der Waals surface area contributed by atoms with Crippen LogP contribution < -0.4 is 10.1 Å². The van der Waals surface area contributed by atoms with E-state index in [1.807, 2.05) is 30.3 Å². The van der Waals surface area contributed by atoms with E-state index in [1.165, 1.54) is 6.33 Å². The molecule has 0 saturated heterocycles. The summed E-state index contributed by atoms with van der Waals surface area (Å²) in [5.74, 6) is 0.669. The molecule has 1 N–H and O–H groups in total. The van der Waals surface area contributed by atoms with Gasteiger partial charge in [0.15, 0.2) is 0 Å². The summed E-state index contributed by atoms with van der Waals surface area (Å²) in [5, 5.41) is 6.82. The molecule has 0 unspecified atom stereocenters. The Morgan fingerprint density at radius 3 is 2.79 bits per heavy atom. The Kier molecular flexibility index (Phi) is 4.81. The van der Waals surface area contributed by atoms with Gasteiger partial charge in [-0.2, -0.15) is 5.10 Å². The Labute approximate surface area is 139 Å². The number of hydrogen-bond acceptors (Lipinski definition) is 5. The van der Waals surface area contributed by atoms with E-state index in [2.05, 4.69) is 20.4 Å². The molecule has 7 heteroatoms. The first kappa shape index (κ1) is 15.7. The van der Waals surface area contributed by atoms with Crippen LogP contribution in [-0.2, 0) is 17.9 Å². The van der Waals surface area contributed by atoms with Crippen molar-refractivity contribution >= 4 is 5.91 Å². The molecule has 3 aromatic rings. The highest BCUT2D eigenvalue weighted by Gasteiger charge is 2.06. The first-order valence-electron chi connectivity index (χ1n) is 7.44. The molecule has 0 spiro atoms. The van der Waals surface area contributed by atoms with Crippen LogP contribution in [0.5, 0.6) is 5.75 Å². The van der Waals surface area contributed by atoms with Crippen LogP contribution in [0.25, 0.3) is 11.3 Å². The van der Waals surface area contributed by atoms with Gasteiger partial charge in [-0.3, -0.25) is 9.48 Å². The van der Waals surface area contributed by atoms with Crippen LogP contribution in [0.4, 0.5) is 0 Å². The number of rotatable bonds is 6. The first-order valence-corrected chi connectivity index (χ1v) is 7.44. The molecule has 0 aliphatic carbocycles. The molecule has 24 heavy (non-hydrogen) atoms. The lowest BCUT2D eigenvalue weighted by atomic mass is 10.1. The number of nitrogens with one attached hydrogen (secondary N) is 1. The van der Waals surface area contributed by atoms with E-state index < -0.39 is 0 Å². The molecule has 0 saturated carbocycles. The van der Waals surface area contributed by atoms with Crippen molar-refractivity contribution in [3.63, 3.8) is 0 Å². The van der Waals surface area contributed by atoms with E-state index in [9.17, 15) is 4.79 Å². The molecule has 0 atom stereocenters. The summed E-state index contributed by atoms with van der Waals surface area (Å²) >= 11 is 0. The van der Waals surface area contributed by atoms with Crippen LogP contribution in [-0.4, -0.2) is 32.8 Å². The molecule has 2 aromatic heterocycles. The summed E-state index contributed by atoms with van der Waals surface area (Å²) in [6.07, 6.45) is 4.87. The fourth-order valence-electron chi connectivity index (χ4n) is 2.20. The Morgan fingerprint density at radius 1 is 1.25 bits per heavy atom. The van der Waals surface area contributed by atoms with Crippen molar-refractivity contribution in [3.8, 4) is 17.0 Å². The van der Waals surface area contributed by atoms with Gasteiger partial charge in [0, 0.05) is 18.0 Å². The molecule has 1 amide bonds. The highest BCUT2D eigenvalue weighted by molar-refractivity contribution is 5.75. The highest BCUT2D eigenvalue weighted by atomic mass is 16.5. The number of ether oxygens (including phenoxy) is 1. The van der Waals surface area contributed by atoms with Crippen molar-refractivity contribution < 1.29 is 9.53 Å². The van der Waals surface area contributed by atoms with Crippen LogP contribution in [0.1, 0.15) is 5.69 Å². The van der Waals surface area contributed by atoms with E-state index in [-0.39, 0.29) is 12.5 Å². The maximum absolute atomic E-state index is 11.9. The lowest BCUT2D eigenvalue weighted by Gasteiger charge is -2.07. The summed E-state index contributed by atoms with van der Waals surface area (Å²) < 4.78 is 6.72. The minimum Gasteiger partial charge on any atom is -0.497 e. The average Bonchev–Trinajstić information content (AvgIpc) is 3.13. The Morgan fingerprint density at radius 2 is 2.08 bits per heavy atom. The third-order valence-corrected chi connectivity index (χ3v) is 3.44. The normalized spacial score (nSPS) is 10.4. The van der Waals surface area contributed by atoms with E-state index >= 15 is 0 Å². The monoisotopic (exact) mass is 323 g/mol. The largest absolute Gasteiger partial charge is 0.497 e. The van der Waals surface area contributed by atoms with Crippen LogP contribution in [0.15, 0.2) is 55.1 Å². The number of amides is 1. The van der Waals surface area contributed by atoms with Gasteiger partial charge in [0.2, 0.25) is 5.91 Å². The Hall–Kier alpha value is -3.22. The fraction of sp³-hybridized carbons (Fsp3) is 0.176. The molecule has 3 rings (SSSR count). The topological polar surface area (TPSA) is 81.9 Å². The van der Waals surface area contributed by atoms with Crippen molar-refractivity contribution in [1.29, 1.82) is 0 Å². The SMILES string of the molecule is COc1ccc(-c2cc(CNC(=O)Cn3cccn3)ncn2)cc1. The van der Waals surface area contributed by atoms with Gasteiger partial charge < -0.3 is 10.1 Å². The molecule has 1 aromatic carbocycles. The zero-order valence-electron chi connectivity index (χ0n) is 13.2. The van der Waals surface area contributed by atoms with Gasteiger partial charge >= 0.3 is 0 Å². The second kappa shape index (κ2) is 7.36. The maximum Gasteiger partial charge on any atom is 0.242 e. The van der Waals surface area contributed by atoms with Crippen molar-refractivity contribution in [1.82, 2.24) is 25.1 Å². The van der Waals surface area contributed by atoms with Crippen LogP contribution in [0.2, 0.25) is 0 Å². The van der Waals surface area contributed by atoms with Crippen LogP contribution in [0.3, 0.4) is 0 Å². The number of benzene rings is 1. The van der Waals surface area contributed by atoms with Gasteiger partial charge in [-0.15, -0.1) is 0 Å². The van der Waals surface area contributed by atoms with Crippen molar-refractivity contribution in [3.05, 3.63) is 60.8 Å². The van der Waals surface area contributed by atoms with Gasteiger partial charge in [-0.1, -0.05) is 0 Å². The van der Waals surface area contributed by atoms with Crippen molar-refractivity contribution in [2.45, 2.75) is 13.1 Å². The summed E-state index contributed by atoms with van der Waals surface area (Å²) in [7, 11) is 1.63. The number of carbonyl (C=O) groups is 1. The number of methoxy groups -OCH3 is 1. The van der Waals surface area contributed by atoms with Crippen molar-refractivity contribution in [2.75, 3.05) is 7.11 Å². The molecule has 122 valence electrons. The highest BCUT2D eigenvalue weighted by Crippen LogP contribution is 2.20. The minimum atomic E-state index is -0.122. The lowest BCUT2D eigenvalue weighted by Crippen LogP contribution is -2.27. The van der Waals surface area contributed by atoms with Gasteiger partial charge in [-0.25, -0.2) is 9.97 Å². The standard InChI is InChI=1S/C17H17N5O2/c1-24-15-5-3-13(4-6-15)16-9-14(19-12-20-16)10-18-17(23)11-22-8-2-7-21-22/h2-9,12H,10-11H2,1H3,(H,18,23). The molecule has 0 radical (unpaired) electrons. The Balaban J connectivity index is 1.63. The minimum absolute atomic E-state index is 0.122. The molecular weight excluding hydrogens is 306 g/mol. The Bertz CT molecular complexity index is 800. The predicted octanol–water partition coefficient (Wildman–Crippen LogP) is 1.67. The van der Waals surface area contributed by atoms with Gasteiger partial charge in [0.25, 0.3) is 0 Å². The predicted molar refractivity (Wildman–Crippen MR) is 88.1 cm³/mol. The molecule has 0 bridgehead atoms. The quantitative estimate of drug-likeness (QED) is 0.746. The second-order valence-electron chi connectivity index (χ2n) is 5.10. The summed E-state index contributed by atoms with van der Waals surface area (Å²) in [5.41, 5.74) is 2.50. The number of aromatic nitrogens is 4. The molecule has 0 fully saturated rings. The molecule has 0 aliphatic rings. The van der Waals surface area contributed by atoms with E-state index in [1.54, 1.807) is 30.3 Å². The number of carbonyl (C=O) groups excluding carboxylic acids is 1. The molecule has 0 aliphatic heterocycles. The third kappa shape index (κ3) is 3.95. The molecule has 7 nitrogen and oxygen atoms in total. The smallest absolute Gasteiger partial charge is 0.242 e. The second-order valence-corrected chi connectivity index (χ2v) is 5.10. The van der Waals surface area contributed by atoms with Crippen LogP contribution >= 0.6 is 0 Å². The van der Waals surface area contributed by atoms with Gasteiger partial charge in [-0.05, 0) is 36.4 Å². The fourth-order valence-corrected chi connectivity index (χ4v) is 2.20. The molecule has 2 heterocycles. The van der Waals surface area contributed by atoms with Gasteiger partial charge in [0.05, 0.1) is 25.0 Å². The van der Waals surface area contributed by atoms with Gasteiger partial charge in [0.1, 0.15) is 18.6 Å². The lowest BCUT2D eigenvalue weighted by molar-refractivity contribution is -0.122. The number of nitrogens with zero attached hydrogens (tertiary/aromatic N) is 4. The van der Waals surface area contributed by atoms with E-state index in [0.29, 0.717) is 6.54 Å². The summed E-state index contributed by atoms with van der Waals surface area (Å²) in [4.78, 5) is 20.3. The maximum atomic E-state index is 11.9. The zero-order valence-corrected chi connectivity index (χ0v) is 13.2. The number of hydrogen-bond donors (Lipinski definition) is 1. The van der Waals surface area contributed by atoms with Crippen molar-refractivity contribution in [2.24, 2.45) is 0 Å². The first-order chi connectivity index (χ1) is 11.7. The average molecular weight is 323 g/mol.